The Kier molecular flexibility index (Phi) is 1.92. The Morgan fingerprint density at radius 3 is 2.67 bits per heavy atom. The third-order valence-electron chi connectivity index (χ3n) is 3.60. The van der Waals surface area contributed by atoms with Crippen LogP contribution < -0.4 is 10.6 Å². The molecule has 80 valence electrons. The van der Waals surface area contributed by atoms with Gasteiger partial charge in [0.05, 0.1) is 17.6 Å². The topological polar surface area (TPSA) is 49.8 Å². The van der Waals surface area contributed by atoms with Crippen LogP contribution in [0.2, 0.25) is 0 Å². The molecule has 2 unspecified atom stereocenters. The second kappa shape index (κ2) is 3.17. The van der Waals surface area contributed by atoms with E-state index >= 15 is 0 Å². The SMILES string of the molecule is Cc1ncc(NC2C3CNCC32)nc1C. The van der Waals surface area contributed by atoms with Gasteiger partial charge in [-0.1, -0.05) is 0 Å². The molecule has 2 N–H and O–H groups in total. The standard InChI is InChI=1S/C11H16N4/c1-6-7(2)14-10(5-13-6)15-11-8-3-12-4-9(8)11/h5,8-9,11-12H,3-4H2,1-2H3,(H,14,15). The fourth-order valence-corrected chi connectivity index (χ4v) is 2.41. The summed E-state index contributed by atoms with van der Waals surface area (Å²) in [6, 6.07) is 0.627. The zero-order valence-electron chi connectivity index (χ0n) is 9.12. The second-order valence-electron chi connectivity index (χ2n) is 4.58. The van der Waals surface area contributed by atoms with Gasteiger partial charge < -0.3 is 10.6 Å². The minimum absolute atomic E-state index is 0.627. The molecule has 0 amide bonds. The fourth-order valence-electron chi connectivity index (χ4n) is 2.41. The van der Waals surface area contributed by atoms with E-state index in [1.165, 1.54) is 0 Å². The Hall–Kier alpha value is -1.16. The van der Waals surface area contributed by atoms with E-state index in [0.29, 0.717) is 6.04 Å². The first-order chi connectivity index (χ1) is 7.25. The van der Waals surface area contributed by atoms with Crippen molar-refractivity contribution in [3.05, 3.63) is 17.6 Å². The maximum atomic E-state index is 4.49. The molecule has 4 heteroatoms. The van der Waals surface area contributed by atoms with Gasteiger partial charge in [0.15, 0.2) is 0 Å². The third-order valence-corrected chi connectivity index (χ3v) is 3.60. The minimum Gasteiger partial charge on any atom is -0.365 e. The highest BCUT2D eigenvalue weighted by Gasteiger charge is 2.53. The van der Waals surface area contributed by atoms with Gasteiger partial charge in [0.2, 0.25) is 0 Å². The van der Waals surface area contributed by atoms with Crippen LogP contribution in [0.5, 0.6) is 0 Å². The smallest absolute Gasteiger partial charge is 0.145 e. The van der Waals surface area contributed by atoms with Crippen LogP contribution in [0.1, 0.15) is 11.4 Å². The van der Waals surface area contributed by atoms with Crippen LogP contribution in [-0.2, 0) is 0 Å². The molecule has 0 aromatic carbocycles. The van der Waals surface area contributed by atoms with E-state index in [2.05, 4.69) is 20.6 Å². The molecule has 1 saturated carbocycles. The molecule has 0 spiro atoms. The number of aromatic nitrogens is 2. The first-order valence-corrected chi connectivity index (χ1v) is 5.53. The summed E-state index contributed by atoms with van der Waals surface area (Å²) in [7, 11) is 0. The largest absolute Gasteiger partial charge is 0.365 e. The maximum absolute atomic E-state index is 4.49. The summed E-state index contributed by atoms with van der Waals surface area (Å²) < 4.78 is 0. The number of nitrogens with zero attached hydrogens (tertiary/aromatic N) is 2. The Labute approximate surface area is 89.5 Å². The third kappa shape index (κ3) is 1.49. The summed E-state index contributed by atoms with van der Waals surface area (Å²) in [6.45, 7) is 6.30. The van der Waals surface area contributed by atoms with Crippen molar-refractivity contribution in [2.24, 2.45) is 11.8 Å². The van der Waals surface area contributed by atoms with Crippen molar-refractivity contribution in [2.75, 3.05) is 18.4 Å². The lowest BCUT2D eigenvalue weighted by Crippen LogP contribution is -2.22. The van der Waals surface area contributed by atoms with Crippen molar-refractivity contribution in [2.45, 2.75) is 19.9 Å². The van der Waals surface area contributed by atoms with Gasteiger partial charge in [-0.2, -0.15) is 0 Å². The van der Waals surface area contributed by atoms with Gasteiger partial charge in [-0.15, -0.1) is 0 Å². The maximum Gasteiger partial charge on any atom is 0.145 e. The molecule has 2 fully saturated rings. The Bertz CT molecular complexity index is 380. The van der Waals surface area contributed by atoms with Crippen molar-refractivity contribution >= 4 is 5.82 Å². The van der Waals surface area contributed by atoms with E-state index in [4.69, 9.17) is 0 Å². The van der Waals surface area contributed by atoms with Crippen molar-refractivity contribution < 1.29 is 0 Å². The van der Waals surface area contributed by atoms with Gasteiger partial charge >= 0.3 is 0 Å². The summed E-state index contributed by atoms with van der Waals surface area (Å²) in [6.07, 6.45) is 1.84. The summed E-state index contributed by atoms with van der Waals surface area (Å²) in [5.41, 5.74) is 2.03. The highest BCUT2D eigenvalue weighted by molar-refractivity contribution is 5.38. The van der Waals surface area contributed by atoms with Crippen LogP contribution in [0.4, 0.5) is 5.82 Å². The number of anilines is 1. The van der Waals surface area contributed by atoms with Gasteiger partial charge in [-0.05, 0) is 25.7 Å². The Balaban J connectivity index is 1.70. The number of rotatable bonds is 2. The van der Waals surface area contributed by atoms with Crippen molar-refractivity contribution in [1.82, 2.24) is 15.3 Å². The lowest BCUT2D eigenvalue weighted by molar-refractivity contribution is 0.695. The molecular weight excluding hydrogens is 188 g/mol. The molecule has 1 aliphatic carbocycles. The van der Waals surface area contributed by atoms with E-state index in [1.54, 1.807) is 0 Å². The number of aryl methyl sites for hydroxylation is 2. The van der Waals surface area contributed by atoms with Crippen LogP contribution in [0.25, 0.3) is 0 Å². The molecule has 2 heterocycles. The molecular formula is C11H16N4. The number of hydrogen-bond donors (Lipinski definition) is 2. The van der Waals surface area contributed by atoms with E-state index in [-0.39, 0.29) is 0 Å². The van der Waals surface area contributed by atoms with Crippen molar-refractivity contribution in [1.29, 1.82) is 0 Å². The molecule has 1 aliphatic heterocycles. The predicted octanol–water partition coefficient (Wildman–Crippen LogP) is 0.723. The zero-order valence-corrected chi connectivity index (χ0v) is 9.12. The van der Waals surface area contributed by atoms with Crippen LogP contribution >= 0.6 is 0 Å². The van der Waals surface area contributed by atoms with E-state index in [9.17, 15) is 0 Å². The summed E-state index contributed by atoms with van der Waals surface area (Å²) in [4.78, 5) is 8.80. The van der Waals surface area contributed by atoms with Crippen molar-refractivity contribution in [3.63, 3.8) is 0 Å². The molecule has 0 bridgehead atoms. The number of piperidine rings is 1. The lowest BCUT2D eigenvalue weighted by Gasteiger charge is -2.08. The minimum atomic E-state index is 0.627. The average Bonchev–Trinajstić information content (AvgIpc) is 2.68. The molecule has 1 saturated heterocycles. The predicted molar refractivity (Wildman–Crippen MR) is 58.8 cm³/mol. The zero-order chi connectivity index (χ0) is 10.4. The average molecular weight is 204 g/mol. The van der Waals surface area contributed by atoms with Crippen molar-refractivity contribution in [3.8, 4) is 0 Å². The molecule has 2 atom stereocenters. The molecule has 2 aliphatic rings. The van der Waals surface area contributed by atoms with E-state index < -0.39 is 0 Å². The molecule has 15 heavy (non-hydrogen) atoms. The van der Waals surface area contributed by atoms with Gasteiger partial charge in [-0.3, -0.25) is 4.98 Å². The van der Waals surface area contributed by atoms with E-state index in [1.807, 2.05) is 20.0 Å². The summed E-state index contributed by atoms with van der Waals surface area (Å²) >= 11 is 0. The highest BCUT2D eigenvalue weighted by atomic mass is 15.1. The molecule has 1 aromatic heterocycles. The van der Waals surface area contributed by atoms with Gasteiger partial charge in [-0.25, -0.2) is 4.98 Å². The summed E-state index contributed by atoms with van der Waals surface area (Å²) in [5.74, 6) is 2.55. The first-order valence-electron chi connectivity index (χ1n) is 5.53. The second-order valence-corrected chi connectivity index (χ2v) is 4.58. The number of fused-ring (bicyclic) bond motifs is 1. The highest BCUT2D eigenvalue weighted by Crippen LogP contribution is 2.43. The van der Waals surface area contributed by atoms with Gasteiger partial charge in [0.25, 0.3) is 0 Å². The molecule has 4 nitrogen and oxygen atoms in total. The number of hydrogen-bond acceptors (Lipinski definition) is 4. The first kappa shape index (κ1) is 9.09. The molecule has 0 radical (unpaired) electrons. The quantitative estimate of drug-likeness (QED) is 0.745. The van der Waals surface area contributed by atoms with Crippen LogP contribution in [-0.4, -0.2) is 29.1 Å². The van der Waals surface area contributed by atoms with E-state index in [0.717, 1.165) is 42.1 Å². The molecule has 3 rings (SSSR count). The fraction of sp³-hybridized carbons (Fsp3) is 0.636. The number of nitrogens with one attached hydrogen (secondary N) is 2. The van der Waals surface area contributed by atoms with Crippen LogP contribution in [0.3, 0.4) is 0 Å². The Morgan fingerprint density at radius 1 is 1.27 bits per heavy atom. The molecule has 1 aromatic rings. The van der Waals surface area contributed by atoms with Crippen LogP contribution in [0, 0.1) is 25.7 Å². The lowest BCUT2D eigenvalue weighted by atomic mass is 10.3. The Morgan fingerprint density at radius 2 is 2.00 bits per heavy atom. The summed E-state index contributed by atoms with van der Waals surface area (Å²) in [5, 5.41) is 6.85. The van der Waals surface area contributed by atoms with Gasteiger partial charge in [0.1, 0.15) is 5.82 Å². The normalized spacial score (nSPS) is 32.5. The van der Waals surface area contributed by atoms with Gasteiger partial charge in [0, 0.05) is 19.1 Å². The monoisotopic (exact) mass is 204 g/mol. The van der Waals surface area contributed by atoms with Crippen LogP contribution in [0.15, 0.2) is 6.20 Å².